The Morgan fingerprint density at radius 2 is 1.94 bits per heavy atom. The summed E-state index contributed by atoms with van der Waals surface area (Å²) in [5.74, 6) is -1.23. The van der Waals surface area contributed by atoms with E-state index in [2.05, 4.69) is 5.32 Å². The molecular formula is C26H20FNO5. The Morgan fingerprint density at radius 3 is 2.73 bits per heavy atom. The minimum atomic E-state index is -1.05. The van der Waals surface area contributed by atoms with Crippen molar-refractivity contribution in [2.45, 2.75) is 26.5 Å². The molecule has 5 rings (SSSR count). The van der Waals surface area contributed by atoms with Crippen LogP contribution in [0.3, 0.4) is 0 Å². The fourth-order valence-corrected chi connectivity index (χ4v) is 4.23. The van der Waals surface area contributed by atoms with Gasteiger partial charge in [0.2, 0.25) is 11.2 Å². The van der Waals surface area contributed by atoms with Gasteiger partial charge in [0.25, 0.3) is 0 Å². The second-order valence-electron chi connectivity index (χ2n) is 8.13. The molecule has 3 aromatic carbocycles. The summed E-state index contributed by atoms with van der Waals surface area (Å²) in [4.78, 5) is 24.9. The molecular weight excluding hydrogens is 425 g/mol. The molecule has 2 heterocycles. The highest BCUT2D eigenvalue weighted by atomic mass is 19.1. The fourth-order valence-electron chi connectivity index (χ4n) is 4.23. The van der Waals surface area contributed by atoms with Crippen molar-refractivity contribution >= 4 is 22.6 Å². The first-order valence-corrected chi connectivity index (χ1v) is 10.5. The van der Waals surface area contributed by atoms with Gasteiger partial charge in [0.1, 0.15) is 18.0 Å². The number of ether oxygens (including phenoxy) is 1. The Balaban J connectivity index is 1.70. The maximum atomic E-state index is 14.0. The van der Waals surface area contributed by atoms with Gasteiger partial charge in [-0.1, -0.05) is 24.3 Å². The van der Waals surface area contributed by atoms with Gasteiger partial charge < -0.3 is 19.6 Å². The van der Waals surface area contributed by atoms with Crippen LogP contribution < -0.4 is 15.5 Å². The first-order valence-electron chi connectivity index (χ1n) is 10.5. The summed E-state index contributed by atoms with van der Waals surface area (Å²) < 4.78 is 25.9. The van der Waals surface area contributed by atoms with Gasteiger partial charge in [-0.15, -0.1) is 0 Å². The lowest BCUT2D eigenvalue weighted by Crippen LogP contribution is -2.17. The van der Waals surface area contributed by atoms with Crippen LogP contribution in [0.2, 0.25) is 0 Å². The summed E-state index contributed by atoms with van der Waals surface area (Å²) in [5.41, 5.74) is 3.32. The first kappa shape index (κ1) is 20.8. The molecule has 0 radical (unpaired) electrons. The monoisotopic (exact) mass is 445 g/mol. The highest BCUT2D eigenvalue weighted by Gasteiger charge is 2.27. The molecule has 0 saturated heterocycles. The number of fused-ring (bicyclic) bond motifs is 4. The van der Waals surface area contributed by atoms with Crippen LogP contribution in [0.1, 0.15) is 40.0 Å². The number of hydrogen-bond donors (Lipinski definition) is 2. The van der Waals surface area contributed by atoms with Gasteiger partial charge in [-0.25, -0.2) is 9.18 Å². The zero-order chi connectivity index (χ0) is 23.3. The number of nitrogens with one attached hydrogen (secondary N) is 1. The highest BCUT2D eigenvalue weighted by Crippen LogP contribution is 2.39. The quantitative estimate of drug-likeness (QED) is 0.421. The number of carboxylic acids is 1. The number of halogens is 1. The van der Waals surface area contributed by atoms with Crippen LogP contribution in [-0.2, 0) is 6.61 Å². The third-order valence-electron chi connectivity index (χ3n) is 5.81. The number of anilines is 1. The molecule has 6 nitrogen and oxygen atoms in total. The highest BCUT2D eigenvalue weighted by molar-refractivity contribution is 5.94. The maximum Gasteiger partial charge on any atom is 0.337 e. The molecule has 0 amide bonds. The second-order valence-corrected chi connectivity index (χ2v) is 8.13. The topological polar surface area (TPSA) is 88.8 Å². The van der Waals surface area contributed by atoms with Crippen LogP contribution in [-0.4, -0.2) is 11.1 Å². The molecule has 1 aliphatic rings. The lowest BCUT2D eigenvalue weighted by atomic mass is 9.98. The van der Waals surface area contributed by atoms with Gasteiger partial charge in [-0.05, 0) is 49.7 Å². The van der Waals surface area contributed by atoms with E-state index in [4.69, 9.17) is 9.15 Å². The summed E-state index contributed by atoms with van der Waals surface area (Å²) in [7, 11) is 0. The van der Waals surface area contributed by atoms with Crippen molar-refractivity contribution in [1.29, 1.82) is 0 Å². The number of hydrogen-bond acceptors (Lipinski definition) is 5. The van der Waals surface area contributed by atoms with E-state index in [-0.39, 0.29) is 29.1 Å². The Hall–Kier alpha value is -4.13. The number of aryl methyl sites for hydroxylation is 1. The van der Waals surface area contributed by atoms with E-state index >= 15 is 0 Å². The van der Waals surface area contributed by atoms with Crippen molar-refractivity contribution in [2.24, 2.45) is 0 Å². The van der Waals surface area contributed by atoms with Crippen LogP contribution in [0.15, 0.2) is 63.8 Å². The van der Waals surface area contributed by atoms with Crippen molar-refractivity contribution < 1.29 is 23.4 Å². The number of aromatic carboxylic acids is 1. The van der Waals surface area contributed by atoms with Crippen molar-refractivity contribution in [2.75, 3.05) is 5.32 Å². The minimum Gasteiger partial charge on any atom is -0.481 e. The predicted octanol–water partition coefficient (Wildman–Crippen LogP) is 5.67. The van der Waals surface area contributed by atoms with E-state index in [0.29, 0.717) is 27.8 Å². The molecule has 0 aliphatic carbocycles. The van der Waals surface area contributed by atoms with Crippen molar-refractivity contribution in [3.63, 3.8) is 0 Å². The van der Waals surface area contributed by atoms with Crippen LogP contribution in [0.25, 0.3) is 22.3 Å². The predicted molar refractivity (Wildman–Crippen MR) is 122 cm³/mol. The molecule has 33 heavy (non-hydrogen) atoms. The zero-order valence-electron chi connectivity index (χ0n) is 17.9. The maximum absolute atomic E-state index is 14.0. The van der Waals surface area contributed by atoms with E-state index in [1.807, 2.05) is 19.9 Å². The lowest BCUT2D eigenvalue weighted by molar-refractivity contribution is 0.0698. The second kappa shape index (κ2) is 7.78. The summed E-state index contributed by atoms with van der Waals surface area (Å²) >= 11 is 0. The lowest BCUT2D eigenvalue weighted by Gasteiger charge is -2.22. The standard InChI is InChI=1S/C26H20FNO5/c1-13-9-18(14(2)28-21-6-4-3-5-17(21)26(30)31)23-20(10-13)22(29)25-24(33-23)19-11-16(27)8-7-15(19)12-32-25/h3-11,14,28H,12H2,1-2H3,(H,30,31). The van der Waals surface area contributed by atoms with Crippen molar-refractivity contribution in [3.8, 4) is 17.1 Å². The van der Waals surface area contributed by atoms with Crippen LogP contribution in [0.5, 0.6) is 5.75 Å². The summed E-state index contributed by atoms with van der Waals surface area (Å²) in [5, 5.41) is 13.1. The van der Waals surface area contributed by atoms with Gasteiger partial charge in [0.05, 0.1) is 17.0 Å². The minimum absolute atomic E-state index is 0.0639. The van der Waals surface area contributed by atoms with Gasteiger partial charge in [0, 0.05) is 22.4 Å². The zero-order valence-corrected chi connectivity index (χ0v) is 17.9. The molecule has 0 spiro atoms. The molecule has 166 valence electrons. The van der Waals surface area contributed by atoms with Gasteiger partial charge in [-0.3, -0.25) is 4.79 Å². The van der Waals surface area contributed by atoms with E-state index in [9.17, 15) is 19.1 Å². The van der Waals surface area contributed by atoms with E-state index in [0.717, 1.165) is 11.1 Å². The van der Waals surface area contributed by atoms with E-state index in [1.165, 1.54) is 18.2 Å². The molecule has 0 fully saturated rings. The van der Waals surface area contributed by atoms with E-state index in [1.54, 1.807) is 30.3 Å². The largest absolute Gasteiger partial charge is 0.481 e. The SMILES string of the molecule is Cc1cc(C(C)Nc2ccccc2C(=O)O)c2oc3c(c(=O)c2c1)OCc1ccc(F)cc1-3. The molecule has 2 N–H and O–H groups in total. The number of para-hydroxylation sites is 1. The average Bonchev–Trinajstić information content (AvgIpc) is 2.79. The average molecular weight is 445 g/mol. The molecule has 0 bridgehead atoms. The third kappa shape index (κ3) is 3.51. The third-order valence-corrected chi connectivity index (χ3v) is 5.81. The Bertz CT molecular complexity index is 1490. The Morgan fingerprint density at radius 1 is 1.15 bits per heavy atom. The van der Waals surface area contributed by atoms with Crippen LogP contribution in [0.4, 0.5) is 10.1 Å². The molecule has 1 aromatic heterocycles. The Labute approximate surface area is 188 Å². The molecule has 1 aliphatic heterocycles. The first-order chi connectivity index (χ1) is 15.8. The van der Waals surface area contributed by atoms with Crippen LogP contribution >= 0.6 is 0 Å². The number of carbonyl (C=O) groups is 1. The van der Waals surface area contributed by atoms with Crippen molar-refractivity contribution in [3.05, 3.63) is 92.9 Å². The number of carboxylic acid groups (broad SMARTS) is 1. The molecule has 4 aromatic rings. The smallest absolute Gasteiger partial charge is 0.337 e. The molecule has 1 unspecified atom stereocenters. The van der Waals surface area contributed by atoms with Gasteiger partial charge >= 0.3 is 5.97 Å². The number of benzene rings is 3. The summed E-state index contributed by atoms with van der Waals surface area (Å²) in [6.07, 6.45) is 0. The Kier molecular flexibility index (Phi) is 4.89. The summed E-state index contributed by atoms with van der Waals surface area (Å²) in [6.45, 7) is 3.88. The summed E-state index contributed by atoms with van der Waals surface area (Å²) in [6, 6.07) is 14.1. The van der Waals surface area contributed by atoms with Gasteiger partial charge in [0.15, 0.2) is 5.76 Å². The molecule has 1 atom stereocenters. The molecule has 7 heteroatoms. The number of rotatable bonds is 4. The molecule has 0 saturated carbocycles. The van der Waals surface area contributed by atoms with Crippen LogP contribution in [0, 0.1) is 12.7 Å². The van der Waals surface area contributed by atoms with E-state index < -0.39 is 17.8 Å². The fraction of sp³-hybridized carbons (Fsp3) is 0.154. The van der Waals surface area contributed by atoms with Crippen molar-refractivity contribution in [1.82, 2.24) is 0 Å². The normalized spacial score (nSPS) is 13.1. The van der Waals surface area contributed by atoms with Gasteiger partial charge in [-0.2, -0.15) is 0 Å².